The van der Waals surface area contributed by atoms with Crippen LogP contribution in [0.15, 0.2) is 18.5 Å². The highest BCUT2D eigenvalue weighted by Crippen LogP contribution is 2.48. The van der Waals surface area contributed by atoms with Gasteiger partial charge in [0, 0.05) is 76.2 Å². The number of halogens is 1. The van der Waals surface area contributed by atoms with Gasteiger partial charge in [0.1, 0.15) is 16.9 Å². The number of alkyl halides is 1. The smallest absolute Gasteiger partial charge is 0.410 e. The van der Waals surface area contributed by atoms with E-state index in [1.165, 1.54) is 5.56 Å². The molecule has 1 atom stereocenters. The number of hydrogen-bond donors (Lipinski definition) is 1. The van der Waals surface area contributed by atoms with Crippen LogP contribution in [0.3, 0.4) is 0 Å². The molecule has 234 valence electrons. The number of fused-ring (bicyclic) bond motifs is 1. The highest BCUT2D eigenvalue weighted by Gasteiger charge is 2.44. The first-order valence-electron chi connectivity index (χ1n) is 15.7. The van der Waals surface area contributed by atoms with Crippen molar-refractivity contribution < 1.29 is 23.5 Å². The van der Waals surface area contributed by atoms with Gasteiger partial charge in [-0.25, -0.2) is 19.0 Å². The van der Waals surface area contributed by atoms with Crippen LogP contribution in [0.5, 0.6) is 0 Å². The van der Waals surface area contributed by atoms with Crippen LogP contribution < -0.4 is 10.2 Å². The minimum absolute atomic E-state index is 0.133. The highest BCUT2D eigenvalue weighted by molar-refractivity contribution is 6.06. The van der Waals surface area contributed by atoms with Crippen molar-refractivity contribution in [3.05, 3.63) is 24.0 Å². The van der Waals surface area contributed by atoms with Gasteiger partial charge in [-0.1, -0.05) is 13.8 Å². The average Bonchev–Trinajstić information content (AvgIpc) is 3.68. The number of carbonyl (C=O) groups is 3. The number of urea groups is 1. The lowest BCUT2D eigenvalue weighted by Gasteiger charge is -2.47. The number of likely N-dealkylation sites (tertiary alicyclic amines) is 2. The number of anilines is 1. The van der Waals surface area contributed by atoms with Crippen molar-refractivity contribution in [3.63, 3.8) is 0 Å². The summed E-state index contributed by atoms with van der Waals surface area (Å²) in [5, 5.41) is 3.48. The van der Waals surface area contributed by atoms with Crippen molar-refractivity contribution in [2.45, 2.75) is 96.4 Å². The summed E-state index contributed by atoms with van der Waals surface area (Å²) >= 11 is 0. The summed E-state index contributed by atoms with van der Waals surface area (Å²) in [7, 11) is 0. The molecular formula is C32H45FN6O4. The molecule has 0 radical (unpaired) electrons. The molecule has 1 N–H and O–H groups in total. The lowest BCUT2D eigenvalue weighted by molar-refractivity contribution is -0.120. The molecular weight excluding hydrogens is 551 g/mol. The fraction of sp³-hybridized carbons (Fsp3) is 0.688. The quantitative estimate of drug-likeness (QED) is 0.498. The van der Waals surface area contributed by atoms with Gasteiger partial charge in [0.25, 0.3) is 0 Å². The summed E-state index contributed by atoms with van der Waals surface area (Å²) in [5.41, 5.74) is 0.871. The molecule has 3 saturated heterocycles. The topological polar surface area (TPSA) is 100 Å². The molecule has 1 unspecified atom stereocenters. The molecule has 1 aliphatic carbocycles. The van der Waals surface area contributed by atoms with Gasteiger partial charge in [0.2, 0.25) is 5.91 Å². The molecule has 2 aromatic rings. The Bertz CT molecular complexity index is 1420. The largest absolute Gasteiger partial charge is 0.444 e. The van der Waals surface area contributed by atoms with Crippen molar-refractivity contribution in [3.8, 4) is 0 Å². The second-order valence-corrected chi connectivity index (χ2v) is 14.7. The van der Waals surface area contributed by atoms with Crippen LogP contribution in [0, 0.1) is 5.41 Å². The first-order chi connectivity index (χ1) is 20.2. The third kappa shape index (κ3) is 6.23. The number of nitrogens with one attached hydrogen (secondary N) is 1. The number of ether oxygens (including phenoxy) is 1. The number of rotatable bonds is 5. The molecule has 4 aliphatic rings. The molecule has 0 aromatic carbocycles. The van der Waals surface area contributed by atoms with Crippen LogP contribution in [0.1, 0.15) is 90.7 Å². The maximum atomic E-state index is 16.1. The number of imide groups is 1. The third-order valence-corrected chi connectivity index (χ3v) is 9.47. The predicted molar refractivity (Wildman–Crippen MR) is 162 cm³/mol. The van der Waals surface area contributed by atoms with Gasteiger partial charge in [-0.15, -0.1) is 0 Å². The zero-order chi connectivity index (χ0) is 30.7. The first kappa shape index (κ1) is 29.8. The molecule has 10 nitrogen and oxygen atoms in total. The number of piperidine rings is 2. The highest BCUT2D eigenvalue weighted by atomic mass is 19.1. The maximum Gasteiger partial charge on any atom is 0.410 e. The molecule has 0 bridgehead atoms. The molecule has 11 heteroatoms. The zero-order valence-electron chi connectivity index (χ0n) is 26.1. The number of carbonyl (C=O) groups excluding carboxylic acids is 3. The zero-order valence-corrected chi connectivity index (χ0v) is 26.1. The molecule has 3 aliphatic heterocycles. The van der Waals surface area contributed by atoms with Crippen LogP contribution in [0.4, 0.5) is 19.7 Å². The molecule has 6 rings (SSSR count). The second kappa shape index (κ2) is 10.7. The summed E-state index contributed by atoms with van der Waals surface area (Å²) in [5.74, 6) is 0.248. The monoisotopic (exact) mass is 596 g/mol. The number of amides is 4. The number of aromatic nitrogens is 2. The van der Waals surface area contributed by atoms with Crippen LogP contribution in [-0.2, 0) is 9.53 Å². The van der Waals surface area contributed by atoms with E-state index < -0.39 is 17.3 Å². The predicted octanol–water partition coefficient (Wildman–Crippen LogP) is 5.37. The van der Waals surface area contributed by atoms with E-state index in [9.17, 15) is 14.4 Å². The van der Waals surface area contributed by atoms with Crippen molar-refractivity contribution in [1.82, 2.24) is 24.7 Å². The second-order valence-electron chi connectivity index (χ2n) is 14.7. The Balaban J connectivity index is 1.15. The molecule has 1 saturated carbocycles. The van der Waals surface area contributed by atoms with Crippen LogP contribution >= 0.6 is 0 Å². The fourth-order valence-corrected chi connectivity index (χ4v) is 7.14. The van der Waals surface area contributed by atoms with E-state index in [1.54, 1.807) is 16.0 Å². The van der Waals surface area contributed by atoms with Gasteiger partial charge < -0.3 is 14.2 Å². The van der Waals surface area contributed by atoms with E-state index in [0.29, 0.717) is 50.6 Å². The summed E-state index contributed by atoms with van der Waals surface area (Å²) in [6.45, 7) is 13.0. The average molecular weight is 597 g/mol. The molecule has 0 spiro atoms. The Morgan fingerprint density at radius 3 is 2.47 bits per heavy atom. The van der Waals surface area contributed by atoms with Gasteiger partial charge >= 0.3 is 12.1 Å². The lowest BCUT2D eigenvalue weighted by Crippen LogP contribution is -2.54. The van der Waals surface area contributed by atoms with Crippen LogP contribution in [0.2, 0.25) is 0 Å². The maximum absolute atomic E-state index is 16.1. The Hall–Kier alpha value is -3.21. The van der Waals surface area contributed by atoms with Crippen molar-refractivity contribution >= 4 is 34.8 Å². The summed E-state index contributed by atoms with van der Waals surface area (Å²) in [4.78, 5) is 47.0. The molecule has 5 heterocycles. The Labute approximate surface area is 252 Å². The van der Waals surface area contributed by atoms with Gasteiger partial charge in [0.05, 0.1) is 11.9 Å². The van der Waals surface area contributed by atoms with Gasteiger partial charge in [-0.3, -0.25) is 19.9 Å². The van der Waals surface area contributed by atoms with E-state index in [2.05, 4.69) is 40.9 Å². The Kier molecular flexibility index (Phi) is 7.46. The normalized spacial score (nSPS) is 24.7. The molecule has 2 aromatic heterocycles. The Morgan fingerprint density at radius 2 is 1.84 bits per heavy atom. The van der Waals surface area contributed by atoms with Crippen molar-refractivity contribution in [1.29, 1.82) is 0 Å². The molecule has 4 amide bonds. The van der Waals surface area contributed by atoms with Crippen molar-refractivity contribution in [2.75, 3.05) is 44.2 Å². The fourth-order valence-electron chi connectivity index (χ4n) is 7.14. The minimum Gasteiger partial charge on any atom is -0.444 e. The number of nitrogens with zero attached hydrogens (tertiary/aromatic N) is 5. The standard InChI is InChI=1S/C32H45FN6O4/c1-30(2,3)43-29(42)37-14-10-32(33,11-15-37)20-36-12-8-25(31(4,5)19-36)39-18-24(21-6-7-21)23-16-22(17-34-27(23)39)38-13-9-26(40)35-28(38)41/h16-18,21,25H,6-15,19-20H2,1-5H3,(H,35,40,41). The third-order valence-electron chi connectivity index (χ3n) is 9.47. The van der Waals surface area contributed by atoms with E-state index in [1.807, 2.05) is 20.8 Å². The summed E-state index contributed by atoms with van der Waals surface area (Å²) < 4.78 is 23.9. The number of pyridine rings is 1. The first-order valence-corrected chi connectivity index (χ1v) is 15.7. The van der Waals surface area contributed by atoms with Gasteiger partial charge in [0.15, 0.2) is 0 Å². The number of hydrogen-bond acceptors (Lipinski definition) is 6. The molecule has 43 heavy (non-hydrogen) atoms. The van der Waals surface area contributed by atoms with Crippen molar-refractivity contribution in [2.24, 2.45) is 5.41 Å². The lowest BCUT2D eigenvalue weighted by atomic mass is 9.78. The minimum atomic E-state index is -1.33. The Morgan fingerprint density at radius 1 is 1.12 bits per heavy atom. The van der Waals surface area contributed by atoms with Gasteiger partial charge in [-0.2, -0.15) is 0 Å². The van der Waals surface area contributed by atoms with E-state index in [-0.39, 0.29) is 29.9 Å². The summed E-state index contributed by atoms with van der Waals surface area (Å²) in [6.07, 6.45) is 7.71. The van der Waals surface area contributed by atoms with E-state index >= 15 is 4.39 Å². The van der Waals surface area contributed by atoms with E-state index in [4.69, 9.17) is 9.72 Å². The van der Waals surface area contributed by atoms with Crippen LogP contribution in [0.25, 0.3) is 11.0 Å². The molecule has 4 fully saturated rings. The van der Waals surface area contributed by atoms with Crippen LogP contribution in [-0.4, -0.2) is 87.9 Å². The summed E-state index contributed by atoms with van der Waals surface area (Å²) in [6, 6.07) is 1.84. The van der Waals surface area contributed by atoms with Gasteiger partial charge in [-0.05, 0) is 63.0 Å². The van der Waals surface area contributed by atoms with E-state index in [0.717, 1.165) is 43.4 Å². The SMILES string of the molecule is CC(C)(C)OC(=O)N1CCC(F)(CN2CCC(n3cc(C4CC4)c4cc(N5CCC(=O)NC5=O)cnc43)C(C)(C)C2)CC1.